The molecule has 0 unspecified atom stereocenters. The summed E-state index contributed by atoms with van der Waals surface area (Å²) in [6, 6.07) is 5.06. The molecule has 1 aromatic carbocycles. The molecule has 1 heterocycles. The average Bonchev–Trinajstić information content (AvgIpc) is 2.71. The monoisotopic (exact) mass is 268 g/mol. The number of aliphatic hydroxyl groups excluding tert-OH is 1. The Morgan fingerprint density at radius 1 is 1.42 bits per heavy atom. The second-order valence-corrected chi connectivity index (χ2v) is 5.22. The van der Waals surface area contributed by atoms with Gasteiger partial charge in [-0.15, -0.1) is 0 Å². The standard InChI is InChI=1S/C14H21FN2O2/c1-16(2)12-8-17(9-13(12)18)7-10-5-4-6-11(15)14(10)19-3/h4-6,12-13,18H,7-9H2,1-3H3/t12-,13-/m0/s1. The molecule has 1 aromatic rings. The molecule has 0 amide bonds. The molecule has 1 aliphatic heterocycles. The normalized spacial score (nSPS) is 24.1. The molecule has 0 aliphatic carbocycles. The summed E-state index contributed by atoms with van der Waals surface area (Å²) in [7, 11) is 5.39. The van der Waals surface area contributed by atoms with Crippen molar-refractivity contribution in [3.63, 3.8) is 0 Å². The van der Waals surface area contributed by atoms with Gasteiger partial charge in [0.15, 0.2) is 11.6 Å². The number of rotatable bonds is 4. The van der Waals surface area contributed by atoms with E-state index in [9.17, 15) is 9.50 Å². The van der Waals surface area contributed by atoms with E-state index in [4.69, 9.17) is 4.74 Å². The van der Waals surface area contributed by atoms with E-state index in [1.54, 1.807) is 6.07 Å². The van der Waals surface area contributed by atoms with Crippen molar-refractivity contribution in [2.45, 2.75) is 18.7 Å². The molecule has 0 radical (unpaired) electrons. The molecule has 4 nitrogen and oxygen atoms in total. The second kappa shape index (κ2) is 5.86. The summed E-state index contributed by atoms with van der Waals surface area (Å²) in [6.45, 7) is 1.96. The summed E-state index contributed by atoms with van der Waals surface area (Å²) < 4.78 is 18.7. The van der Waals surface area contributed by atoms with Crippen LogP contribution >= 0.6 is 0 Å². The molecule has 19 heavy (non-hydrogen) atoms. The van der Waals surface area contributed by atoms with Gasteiger partial charge in [-0.1, -0.05) is 12.1 Å². The summed E-state index contributed by atoms with van der Waals surface area (Å²) in [6.07, 6.45) is -0.366. The first kappa shape index (κ1) is 14.2. The van der Waals surface area contributed by atoms with Crippen molar-refractivity contribution in [1.29, 1.82) is 0 Å². The Balaban J connectivity index is 2.09. The van der Waals surface area contributed by atoms with E-state index < -0.39 is 0 Å². The Morgan fingerprint density at radius 2 is 2.16 bits per heavy atom. The Labute approximate surface area is 113 Å². The Kier molecular flexibility index (Phi) is 4.39. The fourth-order valence-electron chi connectivity index (χ4n) is 2.63. The van der Waals surface area contributed by atoms with Gasteiger partial charge in [0.2, 0.25) is 0 Å². The molecule has 5 heteroatoms. The summed E-state index contributed by atoms with van der Waals surface area (Å²) >= 11 is 0. The van der Waals surface area contributed by atoms with Crippen LogP contribution in [0, 0.1) is 5.82 Å². The van der Waals surface area contributed by atoms with Gasteiger partial charge in [-0.05, 0) is 20.2 Å². The van der Waals surface area contributed by atoms with Gasteiger partial charge < -0.3 is 14.7 Å². The van der Waals surface area contributed by atoms with Crippen LogP contribution in [0.3, 0.4) is 0 Å². The van der Waals surface area contributed by atoms with E-state index >= 15 is 0 Å². The number of likely N-dealkylation sites (N-methyl/N-ethyl adjacent to an activating group) is 1. The molecule has 2 rings (SSSR count). The second-order valence-electron chi connectivity index (χ2n) is 5.22. The zero-order chi connectivity index (χ0) is 14.0. The third-order valence-corrected chi connectivity index (χ3v) is 3.64. The van der Waals surface area contributed by atoms with Crippen LogP contribution in [0.15, 0.2) is 18.2 Å². The van der Waals surface area contributed by atoms with E-state index in [0.717, 1.165) is 12.1 Å². The van der Waals surface area contributed by atoms with Crippen molar-refractivity contribution in [2.24, 2.45) is 0 Å². The van der Waals surface area contributed by atoms with Crippen LogP contribution in [0.2, 0.25) is 0 Å². The van der Waals surface area contributed by atoms with E-state index in [-0.39, 0.29) is 18.0 Å². The van der Waals surface area contributed by atoms with E-state index in [0.29, 0.717) is 18.8 Å². The van der Waals surface area contributed by atoms with E-state index in [1.165, 1.54) is 13.2 Å². The molecule has 1 N–H and O–H groups in total. The molecule has 106 valence electrons. The summed E-state index contributed by atoms with van der Waals surface area (Å²) in [5.41, 5.74) is 0.814. The maximum absolute atomic E-state index is 13.6. The minimum Gasteiger partial charge on any atom is -0.493 e. The van der Waals surface area contributed by atoms with Gasteiger partial charge in [0.05, 0.1) is 13.2 Å². The molecular formula is C14H21FN2O2. The quantitative estimate of drug-likeness (QED) is 0.881. The SMILES string of the molecule is COc1c(F)cccc1CN1C[C@H](O)[C@@H](N(C)C)C1. The minimum absolute atomic E-state index is 0.125. The highest BCUT2D eigenvalue weighted by atomic mass is 19.1. The number of nitrogens with zero attached hydrogens (tertiary/aromatic N) is 2. The number of para-hydroxylation sites is 1. The van der Waals surface area contributed by atoms with Crippen molar-refractivity contribution in [3.05, 3.63) is 29.6 Å². The van der Waals surface area contributed by atoms with Crippen LogP contribution in [0.25, 0.3) is 0 Å². The minimum atomic E-state index is -0.366. The fraction of sp³-hybridized carbons (Fsp3) is 0.571. The largest absolute Gasteiger partial charge is 0.493 e. The lowest BCUT2D eigenvalue weighted by molar-refractivity contribution is 0.112. The molecule has 1 saturated heterocycles. The number of β-amino-alcohol motifs (C(OH)–C–C–N with tert-alkyl or cyclic N) is 1. The van der Waals surface area contributed by atoms with Crippen molar-refractivity contribution in [3.8, 4) is 5.75 Å². The summed E-state index contributed by atoms with van der Waals surface area (Å²) in [5, 5.41) is 10.0. The Bertz CT molecular complexity index is 439. The topological polar surface area (TPSA) is 35.9 Å². The molecule has 1 aliphatic rings. The molecule has 0 aromatic heterocycles. The lowest BCUT2D eigenvalue weighted by Gasteiger charge is -2.22. The van der Waals surface area contributed by atoms with Gasteiger partial charge in [-0.25, -0.2) is 4.39 Å². The van der Waals surface area contributed by atoms with Crippen LogP contribution in [0.1, 0.15) is 5.56 Å². The summed E-state index contributed by atoms with van der Waals surface area (Å²) in [5.74, 6) is -0.0470. The van der Waals surface area contributed by atoms with Crippen LogP contribution in [-0.2, 0) is 6.54 Å². The molecule has 0 saturated carbocycles. The van der Waals surface area contributed by atoms with Gasteiger partial charge in [-0.2, -0.15) is 0 Å². The Morgan fingerprint density at radius 3 is 2.74 bits per heavy atom. The van der Waals surface area contributed by atoms with Gasteiger partial charge in [-0.3, -0.25) is 4.90 Å². The zero-order valence-corrected chi connectivity index (χ0v) is 11.6. The van der Waals surface area contributed by atoms with Gasteiger partial charge in [0.25, 0.3) is 0 Å². The van der Waals surface area contributed by atoms with Gasteiger partial charge in [0.1, 0.15) is 0 Å². The predicted octanol–water partition coefficient (Wildman–Crippen LogP) is 0.941. The summed E-state index contributed by atoms with van der Waals surface area (Å²) in [4.78, 5) is 4.14. The number of halogens is 1. The number of benzene rings is 1. The highest BCUT2D eigenvalue weighted by Crippen LogP contribution is 2.25. The highest BCUT2D eigenvalue weighted by Gasteiger charge is 2.32. The van der Waals surface area contributed by atoms with Gasteiger partial charge >= 0.3 is 0 Å². The predicted molar refractivity (Wildman–Crippen MR) is 71.7 cm³/mol. The smallest absolute Gasteiger partial charge is 0.165 e. The van der Waals surface area contributed by atoms with E-state index in [1.807, 2.05) is 25.1 Å². The number of aliphatic hydroxyl groups is 1. The molecule has 2 atom stereocenters. The van der Waals surface area contributed by atoms with Crippen molar-refractivity contribution >= 4 is 0 Å². The van der Waals surface area contributed by atoms with Crippen molar-refractivity contribution < 1.29 is 14.2 Å². The Hall–Kier alpha value is -1.17. The lowest BCUT2D eigenvalue weighted by atomic mass is 10.2. The maximum Gasteiger partial charge on any atom is 0.165 e. The number of hydrogen-bond donors (Lipinski definition) is 1. The average molecular weight is 268 g/mol. The van der Waals surface area contributed by atoms with Crippen LogP contribution in [0.4, 0.5) is 4.39 Å². The first-order chi connectivity index (χ1) is 9.02. The molecule has 1 fully saturated rings. The molecular weight excluding hydrogens is 247 g/mol. The fourth-order valence-corrected chi connectivity index (χ4v) is 2.63. The molecule has 0 bridgehead atoms. The van der Waals surface area contributed by atoms with E-state index in [2.05, 4.69) is 4.90 Å². The first-order valence-electron chi connectivity index (χ1n) is 6.41. The van der Waals surface area contributed by atoms with Crippen LogP contribution < -0.4 is 4.74 Å². The number of likely N-dealkylation sites (tertiary alicyclic amines) is 1. The van der Waals surface area contributed by atoms with Crippen LogP contribution in [0.5, 0.6) is 5.75 Å². The third kappa shape index (κ3) is 3.05. The van der Waals surface area contributed by atoms with Crippen molar-refractivity contribution in [1.82, 2.24) is 9.80 Å². The first-order valence-corrected chi connectivity index (χ1v) is 6.41. The molecule has 0 spiro atoms. The van der Waals surface area contributed by atoms with Crippen LogP contribution in [-0.4, -0.2) is 61.3 Å². The highest BCUT2D eigenvalue weighted by molar-refractivity contribution is 5.34. The van der Waals surface area contributed by atoms with Crippen molar-refractivity contribution in [2.75, 3.05) is 34.3 Å². The number of ether oxygens (including phenoxy) is 1. The lowest BCUT2D eigenvalue weighted by Crippen LogP contribution is -2.37. The maximum atomic E-state index is 13.6. The number of hydrogen-bond acceptors (Lipinski definition) is 4. The number of methoxy groups -OCH3 is 1. The van der Waals surface area contributed by atoms with Gasteiger partial charge in [0, 0.05) is 31.2 Å². The third-order valence-electron chi connectivity index (χ3n) is 3.64. The zero-order valence-electron chi connectivity index (χ0n) is 11.6.